The highest BCUT2D eigenvalue weighted by Gasteiger charge is 2.24. The Hall–Kier alpha value is -1.26. The van der Waals surface area contributed by atoms with Gasteiger partial charge in [0.2, 0.25) is 0 Å². The molecule has 2 rings (SSSR count). The average molecular weight is 208 g/mol. The Morgan fingerprint density at radius 1 is 1.33 bits per heavy atom. The first kappa shape index (κ1) is 10.3. The van der Waals surface area contributed by atoms with Gasteiger partial charge in [0.25, 0.3) is 0 Å². The van der Waals surface area contributed by atoms with Crippen molar-refractivity contribution in [1.82, 2.24) is 0 Å². The van der Waals surface area contributed by atoms with Gasteiger partial charge in [0.15, 0.2) is 0 Å². The quantitative estimate of drug-likeness (QED) is 0.772. The SMILES string of the molecule is COc1ccc(N[C@@H]2COC[C@H]2N)cc1. The van der Waals surface area contributed by atoms with E-state index < -0.39 is 0 Å². The molecule has 0 bridgehead atoms. The van der Waals surface area contributed by atoms with E-state index >= 15 is 0 Å². The molecule has 15 heavy (non-hydrogen) atoms. The molecule has 0 aromatic heterocycles. The van der Waals surface area contributed by atoms with Crippen LogP contribution in [0.5, 0.6) is 5.75 Å². The van der Waals surface area contributed by atoms with Gasteiger partial charge in [-0.3, -0.25) is 0 Å². The molecule has 1 aromatic rings. The summed E-state index contributed by atoms with van der Waals surface area (Å²) in [5.74, 6) is 0.854. The first-order chi connectivity index (χ1) is 7.29. The van der Waals surface area contributed by atoms with Crippen LogP contribution < -0.4 is 15.8 Å². The van der Waals surface area contributed by atoms with Gasteiger partial charge >= 0.3 is 0 Å². The third-order valence-corrected chi connectivity index (χ3v) is 2.57. The molecule has 0 aliphatic carbocycles. The van der Waals surface area contributed by atoms with Gasteiger partial charge in [-0.15, -0.1) is 0 Å². The van der Waals surface area contributed by atoms with Crippen LogP contribution in [0.15, 0.2) is 24.3 Å². The lowest BCUT2D eigenvalue weighted by Gasteiger charge is -2.16. The molecular formula is C11H16N2O2. The molecule has 1 fully saturated rings. The van der Waals surface area contributed by atoms with E-state index in [4.69, 9.17) is 15.2 Å². The highest BCUT2D eigenvalue weighted by molar-refractivity contribution is 5.47. The van der Waals surface area contributed by atoms with E-state index in [9.17, 15) is 0 Å². The van der Waals surface area contributed by atoms with E-state index in [2.05, 4.69) is 5.32 Å². The minimum Gasteiger partial charge on any atom is -0.497 e. The van der Waals surface area contributed by atoms with Crippen LogP contribution in [0, 0.1) is 0 Å². The highest BCUT2D eigenvalue weighted by atomic mass is 16.5. The van der Waals surface area contributed by atoms with Crippen molar-refractivity contribution in [1.29, 1.82) is 0 Å². The van der Waals surface area contributed by atoms with Gasteiger partial charge in [0, 0.05) is 5.69 Å². The summed E-state index contributed by atoms with van der Waals surface area (Å²) >= 11 is 0. The molecule has 82 valence electrons. The number of benzene rings is 1. The van der Waals surface area contributed by atoms with E-state index in [1.165, 1.54) is 0 Å². The molecule has 3 N–H and O–H groups in total. The average Bonchev–Trinajstić information content (AvgIpc) is 2.66. The van der Waals surface area contributed by atoms with Crippen molar-refractivity contribution in [2.24, 2.45) is 5.73 Å². The van der Waals surface area contributed by atoms with Crippen molar-refractivity contribution in [3.05, 3.63) is 24.3 Å². The van der Waals surface area contributed by atoms with Crippen LogP contribution in [0.4, 0.5) is 5.69 Å². The van der Waals surface area contributed by atoms with E-state index in [0.717, 1.165) is 11.4 Å². The molecule has 4 heteroatoms. The summed E-state index contributed by atoms with van der Waals surface area (Å²) in [6.07, 6.45) is 0. The second-order valence-electron chi connectivity index (χ2n) is 3.68. The van der Waals surface area contributed by atoms with Crippen molar-refractivity contribution >= 4 is 5.69 Å². The van der Waals surface area contributed by atoms with Crippen LogP contribution in [-0.2, 0) is 4.74 Å². The fourth-order valence-electron chi connectivity index (χ4n) is 1.62. The second kappa shape index (κ2) is 4.51. The maximum atomic E-state index is 5.87. The summed E-state index contributed by atoms with van der Waals surface area (Å²) in [6, 6.07) is 8.08. The topological polar surface area (TPSA) is 56.5 Å². The Labute approximate surface area is 89.4 Å². The summed E-state index contributed by atoms with van der Waals surface area (Å²) in [5.41, 5.74) is 6.91. The molecule has 1 heterocycles. The number of nitrogens with two attached hydrogens (primary N) is 1. The van der Waals surface area contributed by atoms with E-state index in [-0.39, 0.29) is 12.1 Å². The molecular weight excluding hydrogens is 192 g/mol. The number of ether oxygens (including phenoxy) is 2. The minimum absolute atomic E-state index is 0.0760. The lowest BCUT2D eigenvalue weighted by atomic mass is 10.1. The summed E-state index contributed by atoms with van der Waals surface area (Å²) in [7, 11) is 1.66. The van der Waals surface area contributed by atoms with Gasteiger partial charge < -0.3 is 20.5 Å². The monoisotopic (exact) mass is 208 g/mol. The lowest BCUT2D eigenvalue weighted by Crippen LogP contribution is -2.38. The summed E-state index contributed by atoms with van der Waals surface area (Å²) in [4.78, 5) is 0. The van der Waals surface area contributed by atoms with Crippen LogP contribution in [0.1, 0.15) is 0 Å². The van der Waals surface area contributed by atoms with Gasteiger partial charge in [0.05, 0.1) is 32.4 Å². The van der Waals surface area contributed by atoms with Crippen LogP contribution in [0.3, 0.4) is 0 Å². The van der Waals surface area contributed by atoms with Crippen LogP contribution >= 0.6 is 0 Å². The number of anilines is 1. The molecule has 0 amide bonds. The minimum atomic E-state index is 0.0760. The molecule has 4 nitrogen and oxygen atoms in total. The van der Waals surface area contributed by atoms with Crippen molar-refractivity contribution in [2.45, 2.75) is 12.1 Å². The molecule has 0 unspecified atom stereocenters. The van der Waals surface area contributed by atoms with Gasteiger partial charge in [-0.25, -0.2) is 0 Å². The fraction of sp³-hybridized carbons (Fsp3) is 0.455. The number of rotatable bonds is 3. The first-order valence-electron chi connectivity index (χ1n) is 5.03. The predicted octanol–water partition coefficient (Wildman–Crippen LogP) is 0.833. The smallest absolute Gasteiger partial charge is 0.119 e. The largest absolute Gasteiger partial charge is 0.497 e. The molecule has 1 aliphatic rings. The number of hydrogen-bond acceptors (Lipinski definition) is 4. The normalized spacial score (nSPS) is 25.2. The maximum absolute atomic E-state index is 5.87. The summed E-state index contributed by atoms with van der Waals surface area (Å²) in [5, 5.41) is 3.34. The molecule has 1 aliphatic heterocycles. The van der Waals surface area contributed by atoms with E-state index in [0.29, 0.717) is 13.2 Å². The highest BCUT2D eigenvalue weighted by Crippen LogP contribution is 2.17. The van der Waals surface area contributed by atoms with Gasteiger partial charge in [0.1, 0.15) is 5.75 Å². The predicted molar refractivity (Wildman–Crippen MR) is 59.2 cm³/mol. The standard InChI is InChI=1S/C11H16N2O2/c1-14-9-4-2-8(3-5-9)13-11-7-15-6-10(11)12/h2-5,10-11,13H,6-7,12H2,1H3/t10-,11-/m1/s1. The summed E-state index contributed by atoms with van der Waals surface area (Å²) in [6.45, 7) is 1.31. The van der Waals surface area contributed by atoms with Gasteiger partial charge in [-0.2, -0.15) is 0 Å². The Kier molecular flexibility index (Phi) is 3.08. The second-order valence-corrected chi connectivity index (χ2v) is 3.68. The maximum Gasteiger partial charge on any atom is 0.119 e. The van der Waals surface area contributed by atoms with E-state index in [1.54, 1.807) is 7.11 Å². The van der Waals surface area contributed by atoms with Crippen molar-refractivity contribution in [3.8, 4) is 5.75 Å². The zero-order valence-corrected chi connectivity index (χ0v) is 8.77. The number of nitrogens with one attached hydrogen (secondary N) is 1. The van der Waals surface area contributed by atoms with Crippen molar-refractivity contribution < 1.29 is 9.47 Å². The molecule has 0 radical (unpaired) electrons. The Morgan fingerprint density at radius 3 is 2.60 bits per heavy atom. The first-order valence-corrected chi connectivity index (χ1v) is 5.03. The lowest BCUT2D eigenvalue weighted by molar-refractivity contribution is 0.192. The van der Waals surface area contributed by atoms with Crippen molar-refractivity contribution in [3.63, 3.8) is 0 Å². The molecule has 1 saturated heterocycles. The Balaban J connectivity index is 1.98. The zero-order chi connectivity index (χ0) is 10.7. The van der Waals surface area contributed by atoms with Crippen molar-refractivity contribution in [2.75, 3.05) is 25.6 Å². The molecule has 1 aromatic carbocycles. The Morgan fingerprint density at radius 2 is 2.07 bits per heavy atom. The van der Waals surface area contributed by atoms with Crippen LogP contribution in [0.25, 0.3) is 0 Å². The number of hydrogen-bond donors (Lipinski definition) is 2. The van der Waals surface area contributed by atoms with Crippen LogP contribution in [0.2, 0.25) is 0 Å². The third-order valence-electron chi connectivity index (χ3n) is 2.57. The van der Waals surface area contributed by atoms with Crippen LogP contribution in [-0.4, -0.2) is 32.4 Å². The van der Waals surface area contributed by atoms with Gasteiger partial charge in [-0.1, -0.05) is 0 Å². The molecule has 0 saturated carbocycles. The third kappa shape index (κ3) is 2.40. The molecule has 0 spiro atoms. The van der Waals surface area contributed by atoms with E-state index in [1.807, 2.05) is 24.3 Å². The summed E-state index contributed by atoms with van der Waals surface area (Å²) < 4.78 is 10.4. The Bertz CT molecular complexity index is 313. The number of methoxy groups -OCH3 is 1. The van der Waals surface area contributed by atoms with Gasteiger partial charge in [-0.05, 0) is 24.3 Å². The fourth-order valence-corrected chi connectivity index (χ4v) is 1.62. The molecule has 2 atom stereocenters. The zero-order valence-electron chi connectivity index (χ0n) is 8.77.